The van der Waals surface area contributed by atoms with Crippen molar-refractivity contribution in [2.75, 3.05) is 16.0 Å². The molecule has 2 aliphatic heterocycles. The van der Waals surface area contributed by atoms with Crippen LogP contribution in [-0.2, 0) is 14.5 Å². The van der Waals surface area contributed by atoms with Gasteiger partial charge in [0.1, 0.15) is 0 Å². The van der Waals surface area contributed by atoms with Gasteiger partial charge in [0.25, 0.3) is 5.91 Å². The Balaban J connectivity index is 1.95. The number of hydrogen-bond acceptors (Lipinski definition) is 3. The molecule has 0 saturated carbocycles. The SMILES string of the molecule is Cc1ccc(N2C(=O)CS[C@@]23C(=O)Nc2ccccc23)c(C)c1. The minimum atomic E-state index is -0.992. The Morgan fingerprint density at radius 3 is 2.70 bits per heavy atom. The van der Waals surface area contributed by atoms with Gasteiger partial charge in [-0.15, -0.1) is 11.8 Å². The van der Waals surface area contributed by atoms with E-state index in [0.29, 0.717) is 5.75 Å². The third-order valence-corrected chi connectivity index (χ3v) is 5.81. The van der Waals surface area contributed by atoms with Crippen molar-refractivity contribution in [3.63, 3.8) is 0 Å². The molecule has 0 aliphatic carbocycles. The fraction of sp³-hybridized carbons (Fsp3) is 0.222. The lowest BCUT2D eigenvalue weighted by atomic mass is 10.0. The first kappa shape index (κ1) is 14.3. The van der Waals surface area contributed by atoms with Crippen LogP contribution in [0.2, 0.25) is 0 Å². The Morgan fingerprint density at radius 1 is 1.13 bits per heavy atom. The zero-order chi connectivity index (χ0) is 16.2. The Hall–Kier alpha value is -2.27. The summed E-state index contributed by atoms with van der Waals surface area (Å²) in [7, 11) is 0. The molecule has 1 N–H and O–H groups in total. The van der Waals surface area contributed by atoms with Crippen LogP contribution in [0.5, 0.6) is 0 Å². The van der Waals surface area contributed by atoms with E-state index in [4.69, 9.17) is 0 Å². The number of nitrogens with zero attached hydrogens (tertiary/aromatic N) is 1. The molecule has 4 rings (SSSR count). The van der Waals surface area contributed by atoms with Crippen molar-refractivity contribution in [2.45, 2.75) is 18.7 Å². The number of para-hydroxylation sites is 1. The van der Waals surface area contributed by atoms with Crippen molar-refractivity contribution >= 4 is 35.0 Å². The standard InChI is InChI=1S/C18H16N2O2S/c1-11-7-8-15(12(2)9-11)20-16(21)10-23-18(20)13-5-3-4-6-14(13)19-17(18)22/h3-9H,10H2,1-2H3,(H,19,22)/t18-/m0/s1. The summed E-state index contributed by atoms with van der Waals surface area (Å²) in [5.41, 5.74) is 4.58. The number of carbonyl (C=O) groups is 2. The molecule has 5 heteroatoms. The topological polar surface area (TPSA) is 49.4 Å². The molecule has 2 heterocycles. The number of fused-ring (bicyclic) bond motifs is 2. The lowest BCUT2D eigenvalue weighted by molar-refractivity contribution is -0.122. The van der Waals surface area contributed by atoms with Crippen LogP contribution in [-0.4, -0.2) is 17.6 Å². The van der Waals surface area contributed by atoms with Crippen molar-refractivity contribution in [1.82, 2.24) is 0 Å². The van der Waals surface area contributed by atoms with Crippen LogP contribution in [0.25, 0.3) is 0 Å². The summed E-state index contributed by atoms with van der Waals surface area (Å²) >= 11 is 1.39. The van der Waals surface area contributed by atoms with Crippen molar-refractivity contribution < 1.29 is 9.59 Å². The summed E-state index contributed by atoms with van der Waals surface area (Å²) in [5.74, 6) is 0.123. The van der Waals surface area contributed by atoms with E-state index in [1.54, 1.807) is 4.90 Å². The lowest BCUT2D eigenvalue weighted by Crippen LogP contribution is -2.47. The number of aryl methyl sites for hydroxylation is 2. The van der Waals surface area contributed by atoms with E-state index < -0.39 is 4.87 Å². The fourth-order valence-corrected chi connectivity index (χ4v) is 4.72. The Bertz CT molecular complexity index is 849. The molecule has 1 spiro atoms. The van der Waals surface area contributed by atoms with Crippen LogP contribution in [0.3, 0.4) is 0 Å². The van der Waals surface area contributed by atoms with Gasteiger partial charge >= 0.3 is 0 Å². The molecule has 2 amide bonds. The van der Waals surface area contributed by atoms with Crippen LogP contribution in [0.4, 0.5) is 11.4 Å². The molecule has 0 aromatic heterocycles. The zero-order valence-corrected chi connectivity index (χ0v) is 13.7. The molecule has 23 heavy (non-hydrogen) atoms. The highest BCUT2D eigenvalue weighted by Crippen LogP contribution is 2.53. The minimum Gasteiger partial charge on any atom is -0.323 e. The number of thioether (sulfide) groups is 1. The highest BCUT2D eigenvalue weighted by molar-refractivity contribution is 8.02. The minimum absolute atomic E-state index is 0.0335. The molecule has 0 unspecified atom stereocenters. The van der Waals surface area contributed by atoms with Crippen molar-refractivity contribution in [3.8, 4) is 0 Å². The molecule has 2 aromatic carbocycles. The Kier molecular flexibility index (Phi) is 3.03. The molecule has 2 aromatic rings. The van der Waals surface area contributed by atoms with E-state index in [9.17, 15) is 9.59 Å². The number of benzene rings is 2. The normalized spacial score (nSPS) is 22.6. The van der Waals surface area contributed by atoms with Crippen molar-refractivity contribution in [3.05, 3.63) is 59.2 Å². The quantitative estimate of drug-likeness (QED) is 0.876. The third kappa shape index (κ3) is 1.86. The Labute approximate surface area is 138 Å². The molecule has 2 aliphatic rings. The van der Waals surface area contributed by atoms with Gasteiger partial charge in [-0.2, -0.15) is 0 Å². The molecule has 1 atom stereocenters. The van der Waals surface area contributed by atoms with Gasteiger partial charge in [0.2, 0.25) is 10.8 Å². The number of nitrogens with one attached hydrogen (secondary N) is 1. The number of anilines is 2. The van der Waals surface area contributed by atoms with Gasteiger partial charge in [-0.25, -0.2) is 0 Å². The first-order valence-electron chi connectivity index (χ1n) is 7.49. The molecule has 0 bridgehead atoms. The van der Waals surface area contributed by atoms with E-state index in [1.807, 2.05) is 56.3 Å². The van der Waals surface area contributed by atoms with Crippen molar-refractivity contribution in [1.29, 1.82) is 0 Å². The molecule has 116 valence electrons. The summed E-state index contributed by atoms with van der Waals surface area (Å²) in [4.78, 5) is 26.2. The summed E-state index contributed by atoms with van der Waals surface area (Å²) in [6.07, 6.45) is 0. The van der Waals surface area contributed by atoms with Crippen molar-refractivity contribution in [2.24, 2.45) is 0 Å². The number of carbonyl (C=O) groups excluding carboxylic acids is 2. The van der Waals surface area contributed by atoms with Gasteiger partial charge in [0.05, 0.1) is 5.75 Å². The zero-order valence-electron chi connectivity index (χ0n) is 12.9. The monoisotopic (exact) mass is 324 g/mol. The lowest BCUT2D eigenvalue weighted by Gasteiger charge is -2.33. The summed E-state index contributed by atoms with van der Waals surface area (Å²) in [5, 5.41) is 2.93. The van der Waals surface area contributed by atoms with Gasteiger partial charge < -0.3 is 5.32 Å². The number of rotatable bonds is 1. The fourth-order valence-electron chi connectivity index (χ4n) is 3.41. The highest BCUT2D eigenvalue weighted by atomic mass is 32.2. The molecule has 1 saturated heterocycles. The first-order chi connectivity index (χ1) is 11.0. The second kappa shape index (κ2) is 4.86. The van der Waals surface area contributed by atoms with Gasteiger partial charge in [0, 0.05) is 16.9 Å². The average molecular weight is 324 g/mol. The average Bonchev–Trinajstić information content (AvgIpc) is 3.00. The van der Waals surface area contributed by atoms with Crippen LogP contribution in [0.1, 0.15) is 16.7 Å². The Morgan fingerprint density at radius 2 is 1.91 bits per heavy atom. The molecular weight excluding hydrogens is 308 g/mol. The second-order valence-electron chi connectivity index (χ2n) is 5.95. The molecular formula is C18H16N2O2S. The molecule has 1 fully saturated rings. The smallest absolute Gasteiger partial charge is 0.266 e. The third-order valence-electron chi connectivity index (χ3n) is 4.41. The first-order valence-corrected chi connectivity index (χ1v) is 8.48. The second-order valence-corrected chi connectivity index (χ2v) is 7.12. The summed E-state index contributed by atoms with van der Waals surface area (Å²) in [6, 6.07) is 13.6. The summed E-state index contributed by atoms with van der Waals surface area (Å²) in [6.45, 7) is 4.00. The van der Waals surface area contributed by atoms with Gasteiger partial charge in [0.15, 0.2) is 0 Å². The number of hydrogen-bond donors (Lipinski definition) is 1. The van der Waals surface area contributed by atoms with Gasteiger partial charge in [-0.3, -0.25) is 14.5 Å². The molecule has 4 nitrogen and oxygen atoms in total. The summed E-state index contributed by atoms with van der Waals surface area (Å²) < 4.78 is 0. The van der Waals surface area contributed by atoms with Gasteiger partial charge in [-0.05, 0) is 31.5 Å². The number of amides is 2. The predicted octanol–water partition coefficient (Wildman–Crippen LogP) is 3.19. The van der Waals surface area contributed by atoms with Crippen LogP contribution >= 0.6 is 11.8 Å². The van der Waals surface area contributed by atoms with Gasteiger partial charge in [-0.1, -0.05) is 35.9 Å². The van der Waals surface area contributed by atoms with E-state index in [2.05, 4.69) is 5.32 Å². The maximum absolute atomic E-state index is 12.8. The van der Waals surface area contributed by atoms with Crippen LogP contribution in [0.15, 0.2) is 42.5 Å². The largest absolute Gasteiger partial charge is 0.323 e. The molecule has 0 radical (unpaired) electrons. The highest BCUT2D eigenvalue weighted by Gasteiger charge is 2.58. The van der Waals surface area contributed by atoms with Crippen LogP contribution in [0, 0.1) is 13.8 Å². The predicted molar refractivity (Wildman–Crippen MR) is 92.6 cm³/mol. The van der Waals surface area contributed by atoms with E-state index in [-0.39, 0.29) is 11.8 Å². The van der Waals surface area contributed by atoms with Crippen LogP contribution < -0.4 is 10.2 Å². The maximum atomic E-state index is 12.8. The maximum Gasteiger partial charge on any atom is 0.266 e. The van der Waals surface area contributed by atoms with E-state index in [1.165, 1.54) is 11.8 Å². The van der Waals surface area contributed by atoms with E-state index in [0.717, 1.165) is 28.1 Å². The van der Waals surface area contributed by atoms with E-state index >= 15 is 0 Å².